The fraction of sp³-hybridized carbons (Fsp3) is 0.462. The van der Waals surface area contributed by atoms with Crippen LogP contribution in [0.15, 0.2) is 12.1 Å². The first-order chi connectivity index (χ1) is 7.87. The van der Waals surface area contributed by atoms with Crippen LogP contribution < -0.4 is 4.74 Å². The van der Waals surface area contributed by atoms with Crippen molar-refractivity contribution in [1.29, 1.82) is 0 Å². The van der Waals surface area contributed by atoms with Crippen LogP contribution in [0.2, 0.25) is 5.02 Å². The van der Waals surface area contributed by atoms with Gasteiger partial charge in [0.15, 0.2) is 0 Å². The molecule has 0 unspecified atom stereocenters. The maximum atomic E-state index is 10.5. The highest BCUT2D eigenvalue weighted by molar-refractivity contribution is 6.32. The third-order valence-corrected chi connectivity index (χ3v) is 3.08. The lowest BCUT2D eigenvalue weighted by Gasteiger charge is -2.17. The number of carbonyl (C=O) groups is 1. The minimum absolute atomic E-state index is 0.124. The number of rotatable bonds is 3. The highest BCUT2D eigenvalue weighted by Crippen LogP contribution is 2.41. The van der Waals surface area contributed by atoms with E-state index in [4.69, 9.17) is 21.4 Å². The van der Waals surface area contributed by atoms with Gasteiger partial charge in [-0.15, -0.1) is 0 Å². The van der Waals surface area contributed by atoms with Crippen LogP contribution in [0.1, 0.15) is 31.4 Å². The smallest absolute Gasteiger partial charge is 0.303 e. The molecule has 0 aliphatic carbocycles. The SMILES string of the molecule is CC1(C)Cc2cc(CCC(=O)O)cc(Cl)c2O1. The maximum Gasteiger partial charge on any atom is 0.303 e. The van der Waals surface area contributed by atoms with E-state index in [1.807, 2.05) is 19.9 Å². The van der Waals surface area contributed by atoms with Crippen LogP contribution in [0.4, 0.5) is 0 Å². The topological polar surface area (TPSA) is 46.5 Å². The Morgan fingerprint density at radius 1 is 1.53 bits per heavy atom. The summed E-state index contributed by atoms with van der Waals surface area (Å²) in [5, 5.41) is 9.24. The number of hydrogen-bond acceptors (Lipinski definition) is 2. The molecule has 0 radical (unpaired) electrons. The van der Waals surface area contributed by atoms with E-state index in [2.05, 4.69) is 0 Å². The molecule has 1 aromatic carbocycles. The highest BCUT2D eigenvalue weighted by Gasteiger charge is 2.31. The third-order valence-electron chi connectivity index (χ3n) is 2.80. The zero-order chi connectivity index (χ0) is 12.6. The molecule has 1 heterocycles. The monoisotopic (exact) mass is 254 g/mol. The summed E-state index contributed by atoms with van der Waals surface area (Å²) in [6.45, 7) is 4.03. The van der Waals surface area contributed by atoms with Crippen LogP contribution in [0.5, 0.6) is 5.75 Å². The average molecular weight is 255 g/mol. The average Bonchev–Trinajstić information content (AvgIpc) is 2.50. The van der Waals surface area contributed by atoms with Crippen molar-refractivity contribution in [2.45, 2.75) is 38.7 Å². The van der Waals surface area contributed by atoms with Gasteiger partial charge in [0.25, 0.3) is 0 Å². The Morgan fingerprint density at radius 3 is 2.88 bits per heavy atom. The number of hydrogen-bond donors (Lipinski definition) is 1. The lowest BCUT2D eigenvalue weighted by Crippen LogP contribution is -2.24. The Hall–Kier alpha value is -1.22. The van der Waals surface area contributed by atoms with Crippen LogP contribution in [-0.2, 0) is 17.6 Å². The molecule has 1 aliphatic rings. The maximum absolute atomic E-state index is 10.5. The van der Waals surface area contributed by atoms with Crippen molar-refractivity contribution in [3.63, 3.8) is 0 Å². The van der Waals surface area contributed by atoms with E-state index in [1.54, 1.807) is 6.07 Å². The lowest BCUT2D eigenvalue weighted by atomic mass is 9.99. The summed E-state index contributed by atoms with van der Waals surface area (Å²) in [6.07, 6.45) is 1.44. The van der Waals surface area contributed by atoms with E-state index in [1.165, 1.54) is 0 Å². The van der Waals surface area contributed by atoms with Crippen LogP contribution in [0, 0.1) is 0 Å². The third kappa shape index (κ3) is 2.72. The number of benzene rings is 1. The Morgan fingerprint density at radius 2 is 2.24 bits per heavy atom. The van der Waals surface area contributed by atoms with Crippen molar-refractivity contribution in [1.82, 2.24) is 0 Å². The summed E-state index contributed by atoms with van der Waals surface area (Å²) in [7, 11) is 0. The van der Waals surface area contributed by atoms with E-state index >= 15 is 0 Å². The predicted molar refractivity (Wildman–Crippen MR) is 65.8 cm³/mol. The lowest BCUT2D eigenvalue weighted by molar-refractivity contribution is -0.136. The standard InChI is InChI=1S/C13H15ClO3/c1-13(2)7-9-5-8(3-4-11(15)16)6-10(14)12(9)17-13/h5-6H,3-4,7H2,1-2H3,(H,15,16). The summed E-state index contributed by atoms with van der Waals surface area (Å²) in [5.74, 6) is -0.0473. The van der Waals surface area contributed by atoms with Gasteiger partial charge in [0.1, 0.15) is 11.4 Å². The van der Waals surface area contributed by atoms with Gasteiger partial charge in [-0.05, 0) is 37.5 Å². The van der Waals surface area contributed by atoms with Gasteiger partial charge in [-0.1, -0.05) is 17.7 Å². The largest absolute Gasteiger partial charge is 0.486 e. The first kappa shape index (κ1) is 12.2. The zero-order valence-electron chi connectivity index (χ0n) is 9.92. The predicted octanol–water partition coefficient (Wildman–Crippen LogP) is 3.07. The fourth-order valence-corrected chi connectivity index (χ4v) is 2.43. The molecule has 0 aromatic heterocycles. The van der Waals surface area contributed by atoms with Crippen molar-refractivity contribution in [3.8, 4) is 5.75 Å². The number of fused-ring (bicyclic) bond motifs is 1. The van der Waals surface area contributed by atoms with E-state index in [-0.39, 0.29) is 12.0 Å². The molecule has 4 heteroatoms. The molecule has 0 saturated heterocycles. The van der Waals surface area contributed by atoms with Gasteiger partial charge in [-0.2, -0.15) is 0 Å². The normalized spacial score (nSPS) is 16.4. The van der Waals surface area contributed by atoms with Gasteiger partial charge in [-0.25, -0.2) is 0 Å². The number of carboxylic acid groups (broad SMARTS) is 1. The van der Waals surface area contributed by atoms with Crippen molar-refractivity contribution < 1.29 is 14.6 Å². The quantitative estimate of drug-likeness (QED) is 0.902. The van der Waals surface area contributed by atoms with Crippen molar-refractivity contribution in [3.05, 3.63) is 28.3 Å². The van der Waals surface area contributed by atoms with E-state index in [9.17, 15) is 4.79 Å². The van der Waals surface area contributed by atoms with Crippen LogP contribution in [0.25, 0.3) is 0 Å². The molecule has 0 bridgehead atoms. The number of halogens is 1. The molecule has 0 amide bonds. The second kappa shape index (κ2) is 4.22. The van der Waals surface area contributed by atoms with Crippen molar-refractivity contribution in [2.75, 3.05) is 0 Å². The second-order valence-corrected chi connectivity index (χ2v) is 5.41. The first-order valence-electron chi connectivity index (χ1n) is 5.59. The van der Waals surface area contributed by atoms with Crippen LogP contribution >= 0.6 is 11.6 Å². The van der Waals surface area contributed by atoms with Gasteiger partial charge in [-0.3, -0.25) is 4.79 Å². The number of ether oxygens (including phenoxy) is 1. The number of carboxylic acids is 1. The van der Waals surface area contributed by atoms with Gasteiger partial charge in [0.05, 0.1) is 5.02 Å². The Bertz CT molecular complexity index is 466. The zero-order valence-corrected chi connectivity index (χ0v) is 10.7. The fourth-order valence-electron chi connectivity index (χ4n) is 2.12. The molecule has 0 saturated carbocycles. The summed E-state index contributed by atoms with van der Waals surface area (Å²) in [5.41, 5.74) is 1.80. The molecule has 1 aromatic rings. The molecule has 17 heavy (non-hydrogen) atoms. The van der Waals surface area contributed by atoms with Crippen LogP contribution in [-0.4, -0.2) is 16.7 Å². The van der Waals surface area contributed by atoms with Crippen molar-refractivity contribution >= 4 is 17.6 Å². The molecular weight excluding hydrogens is 240 g/mol. The molecule has 3 nitrogen and oxygen atoms in total. The Balaban J connectivity index is 2.24. The summed E-state index contributed by atoms with van der Waals surface area (Å²) in [6, 6.07) is 3.80. The molecule has 1 N–H and O–H groups in total. The molecule has 92 valence electrons. The first-order valence-corrected chi connectivity index (χ1v) is 5.97. The highest BCUT2D eigenvalue weighted by atomic mass is 35.5. The Kier molecular flexibility index (Phi) is 3.04. The van der Waals surface area contributed by atoms with Gasteiger partial charge in [0, 0.05) is 12.8 Å². The molecule has 0 atom stereocenters. The van der Waals surface area contributed by atoms with E-state index in [0.29, 0.717) is 11.4 Å². The Labute approximate surface area is 105 Å². The minimum atomic E-state index is -0.793. The molecular formula is C13H15ClO3. The van der Waals surface area contributed by atoms with E-state index in [0.717, 1.165) is 23.3 Å². The van der Waals surface area contributed by atoms with Gasteiger partial charge < -0.3 is 9.84 Å². The summed E-state index contributed by atoms with van der Waals surface area (Å²) in [4.78, 5) is 10.5. The number of aryl methyl sites for hydroxylation is 1. The van der Waals surface area contributed by atoms with Gasteiger partial charge >= 0.3 is 5.97 Å². The van der Waals surface area contributed by atoms with E-state index < -0.39 is 5.97 Å². The van der Waals surface area contributed by atoms with Crippen molar-refractivity contribution in [2.24, 2.45) is 0 Å². The van der Waals surface area contributed by atoms with Gasteiger partial charge in [0.2, 0.25) is 0 Å². The molecule has 2 rings (SSSR count). The van der Waals surface area contributed by atoms with Crippen LogP contribution in [0.3, 0.4) is 0 Å². The summed E-state index contributed by atoms with van der Waals surface area (Å²) < 4.78 is 5.76. The summed E-state index contributed by atoms with van der Waals surface area (Å²) >= 11 is 6.14. The minimum Gasteiger partial charge on any atom is -0.486 e. The molecule has 0 fully saturated rings. The molecule has 1 aliphatic heterocycles. The second-order valence-electron chi connectivity index (χ2n) is 5.00. The number of aliphatic carboxylic acids is 1. The molecule has 0 spiro atoms.